The summed E-state index contributed by atoms with van der Waals surface area (Å²) >= 11 is 0. The van der Waals surface area contributed by atoms with Gasteiger partial charge >= 0.3 is 0 Å². The zero-order valence-corrected chi connectivity index (χ0v) is 15.9. The van der Waals surface area contributed by atoms with Crippen LogP contribution in [0.2, 0.25) is 0 Å². The standard InChI is InChI=1S/C20H29N5O/c1-15(2)26-18-9-5-4-7-16(18)12-22-13-17-8-6-10-25(17)20-11-19(21-3)23-14-24-20/h4-5,7,9,11,14-15,17,22H,6,8,10,12-13H2,1-3H3,(H,21,23,24). The highest BCUT2D eigenvalue weighted by Crippen LogP contribution is 2.25. The van der Waals surface area contributed by atoms with E-state index in [1.807, 2.05) is 25.2 Å². The van der Waals surface area contributed by atoms with Crippen LogP contribution in [0.4, 0.5) is 11.6 Å². The molecule has 140 valence electrons. The molecule has 1 aliphatic rings. The van der Waals surface area contributed by atoms with Crippen molar-refractivity contribution in [2.75, 3.05) is 30.4 Å². The maximum absolute atomic E-state index is 5.91. The van der Waals surface area contributed by atoms with Crippen molar-refractivity contribution >= 4 is 11.6 Å². The smallest absolute Gasteiger partial charge is 0.134 e. The molecule has 0 radical (unpaired) electrons. The number of hydrogen-bond acceptors (Lipinski definition) is 6. The number of anilines is 2. The summed E-state index contributed by atoms with van der Waals surface area (Å²) in [6, 6.07) is 10.7. The molecule has 1 aromatic heterocycles. The monoisotopic (exact) mass is 355 g/mol. The van der Waals surface area contributed by atoms with E-state index < -0.39 is 0 Å². The Morgan fingerprint density at radius 3 is 2.92 bits per heavy atom. The van der Waals surface area contributed by atoms with Gasteiger partial charge in [0.15, 0.2) is 0 Å². The molecule has 2 N–H and O–H groups in total. The average Bonchev–Trinajstić information content (AvgIpc) is 3.11. The van der Waals surface area contributed by atoms with Gasteiger partial charge in [0, 0.05) is 44.4 Å². The third-order valence-corrected chi connectivity index (χ3v) is 4.61. The molecule has 0 spiro atoms. The van der Waals surface area contributed by atoms with E-state index in [0.29, 0.717) is 6.04 Å². The average molecular weight is 355 g/mol. The first-order valence-corrected chi connectivity index (χ1v) is 9.39. The lowest BCUT2D eigenvalue weighted by molar-refractivity contribution is 0.239. The van der Waals surface area contributed by atoms with Gasteiger partial charge in [-0.2, -0.15) is 0 Å². The largest absolute Gasteiger partial charge is 0.491 e. The predicted octanol–water partition coefficient (Wildman–Crippen LogP) is 3.06. The van der Waals surface area contributed by atoms with Crippen molar-refractivity contribution in [3.05, 3.63) is 42.2 Å². The molecule has 1 atom stereocenters. The van der Waals surface area contributed by atoms with Gasteiger partial charge in [-0.3, -0.25) is 0 Å². The van der Waals surface area contributed by atoms with Gasteiger partial charge < -0.3 is 20.3 Å². The molecule has 1 saturated heterocycles. The second kappa shape index (κ2) is 8.85. The quantitative estimate of drug-likeness (QED) is 0.759. The summed E-state index contributed by atoms with van der Waals surface area (Å²) in [7, 11) is 1.88. The summed E-state index contributed by atoms with van der Waals surface area (Å²) in [4.78, 5) is 11.1. The second-order valence-corrected chi connectivity index (χ2v) is 6.91. The SMILES string of the molecule is CNc1cc(N2CCCC2CNCc2ccccc2OC(C)C)ncn1. The number of hydrogen-bond donors (Lipinski definition) is 2. The predicted molar refractivity (Wildman–Crippen MR) is 106 cm³/mol. The summed E-state index contributed by atoms with van der Waals surface area (Å²) in [6.45, 7) is 6.89. The second-order valence-electron chi connectivity index (χ2n) is 6.91. The minimum absolute atomic E-state index is 0.181. The van der Waals surface area contributed by atoms with Gasteiger partial charge in [-0.25, -0.2) is 9.97 Å². The van der Waals surface area contributed by atoms with Crippen molar-refractivity contribution in [2.24, 2.45) is 0 Å². The van der Waals surface area contributed by atoms with Crippen molar-refractivity contribution in [2.45, 2.75) is 45.4 Å². The van der Waals surface area contributed by atoms with Gasteiger partial charge in [0.1, 0.15) is 23.7 Å². The molecule has 26 heavy (non-hydrogen) atoms. The number of ether oxygens (including phenoxy) is 1. The highest BCUT2D eigenvalue weighted by Gasteiger charge is 2.25. The van der Waals surface area contributed by atoms with E-state index in [9.17, 15) is 0 Å². The van der Waals surface area contributed by atoms with Crippen molar-refractivity contribution in [3.63, 3.8) is 0 Å². The first-order valence-electron chi connectivity index (χ1n) is 9.39. The van der Waals surface area contributed by atoms with Crippen LogP contribution in [0.1, 0.15) is 32.3 Å². The van der Waals surface area contributed by atoms with Gasteiger partial charge in [0.25, 0.3) is 0 Å². The Kier molecular flexibility index (Phi) is 6.28. The van der Waals surface area contributed by atoms with Crippen LogP contribution in [-0.2, 0) is 6.54 Å². The Morgan fingerprint density at radius 1 is 1.27 bits per heavy atom. The third kappa shape index (κ3) is 4.64. The zero-order chi connectivity index (χ0) is 18.4. The van der Waals surface area contributed by atoms with Gasteiger partial charge in [-0.15, -0.1) is 0 Å². The fraction of sp³-hybridized carbons (Fsp3) is 0.500. The van der Waals surface area contributed by atoms with Crippen molar-refractivity contribution in [1.82, 2.24) is 15.3 Å². The lowest BCUT2D eigenvalue weighted by Gasteiger charge is -2.26. The van der Waals surface area contributed by atoms with Crippen LogP contribution in [0.25, 0.3) is 0 Å². The summed E-state index contributed by atoms with van der Waals surface area (Å²) in [5.41, 5.74) is 1.20. The summed E-state index contributed by atoms with van der Waals surface area (Å²) in [5.74, 6) is 2.82. The molecule has 0 bridgehead atoms. The van der Waals surface area contributed by atoms with E-state index >= 15 is 0 Å². The van der Waals surface area contributed by atoms with E-state index in [4.69, 9.17) is 4.74 Å². The Labute approximate surface area is 156 Å². The van der Waals surface area contributed by atoms with Crippen LogP contribution >= 0.6 is 0 Å². The molecule has 1 fully saturated rings. The van der Waals surface area contributed by atoms with Gasteiger partial charge in [0.2, 0.25) is 0 Å². The van der Waals surface area contributed by atoms with E-state index in [2.05, 4.69) is 51.5 Å². The van der Waals surface area contributed by atoms with E-state index in [0.717, 1.165) is 37.0 Å². The van der Waals surface area contributed by atoms with E-state index in [1.54, 1.807) is 6.33 Å². The Hall–Kier alpha value is -2.34. The van der Waals surface area contributed by atoms with Crippen LogP contribution < -0.4 is 20.3 Å². The van der Waals surface area contributed by atoms with Crippen LogP contribution in [-0.4, -0.2) is 42.3 Å². The van der Waals surface area contributed by atoms with Crippen LogP contribution in [0, 0.1) is 0 Å². The van der Waals surface area contributed by atoms with Crippen LogP contribution in [0.15, 0.2) is 36.7 Å². The maximum Gasteiger partial charge on any atom is 0.134 e. The zero-order valence-electron chi connectivity index (χ0n) is 15.9. The molecular weight excluding hydrogens is 326 g/mol. The number of nitrogens with one attached hydrogen (secondary N) is 2. The van der Waals surface area contributed by atoms with Crippen molar-refractivity contribution in [3.8, 4) is 5.75 Å². The maximum atomic E-state index is 5.91. The fourth-order valence-electron chi connectivity index (χ4n) is 3.38. The molecule has 1 unspecified atom stereocenters. The number of nitrogens with zero attached hydrogens (tertiary/aromatic N) is 3. The van der Waals surface area contributed by atoms with E-state index in [1.165, 1.54) is 18.4 Å². The molecule has 2 heterocycles. The molecule has 2 aromatic rings. The molecule has 6 heteroatoms. The first-order chi connectivity index (χ1) is 12.7. The van der Waals surface area contributed by atoms with Gasteiger partial charge in [-0.1, -0.05) is 18.2 Å². The van der Waals surface area contributed by atoms with E-state index in [-0.39, 0.29) is 6.10 Å². The Morgan fingerprint density at radius 2 is 2.12 bits per heavy atom. The Balaban J connectivity index is 1.59. The Bertz CT molecular complexity index is 706. The summed E-state index contributed by atoms with van der Waals surface area (Å²) in [6.07, 6.45) is 4.18. The highest BCUT2D eigenvalue weighted by molar-refractivity contribution is 5.49. The number of para-hydroxylation sites is 1. The lowest BCUT2D eigenvalue weighted by atomic mass is 10.1. The topological polar surface area (TPSA) is 62.3 Å². The number of rotatable bonds is 8. The molecule has 1 aromatic carbocycles. The minimum atomic E-state index is 0.181. The lowest BCUT2D eigenvalue weighted by Crippen LogP contribution is -2.38. The van der Waals surface area contributed by atoms with Crippen LogP contribution in [0.5, 0.6) is 5.75 Å². The number of aromatic nitrogens is 2. The molecule has 6 nitrogen and oxygen atoms in total. The molecule has 0 aliphatic carbocycles. The summed E-state index contributed by atoms with van der Waals surface area (Å²) < 4.78 is 5.91. The van der Waals surface area contributed by atoms with Gasteiger partial charge in [-0.05, 0) is 32.8 Å². The molecule has 0 saturated carbocycles. The molecular formula is C20H29N5O. The molecule has 3 rings (SSSR count). The molecule has 0 amide bonds. The molecule has 1 aliphatic heterocycles. The highest BCUT2D eigenvalue weighted by atomic mass is 16.5. The first kappa shape index (κ1) is 18.5. The van der Waals surface area contributed by atoms with Crippen molar-refractivity contribution < 1.29 is 4.74 Å². The van der Waals surface area contributed by atoms with Crippen molar-refractivity contribution in [1.29, 1.82) is 0 Å². The minimum Gasteiger partial charge on any atom is -0.491 e. The fourth-order valence-corrected chi connectivity index (χ4v) is 3.38. The van der Waals surface area contributed by atoms with Crippen LogP contribution in [0.3, 0.4) is 0 Å². The normalized spacial score (nSPS) is 16.9. The summed E-state index contributed by atoms with van der Waals surface area (Å²) in [5, 5.41) is 6.69. The number of benzene rings is 1. The third-order valence-electron chi connectivity index (χ3n) is 4.61. The van der Waals surface area contributed by atoms with Gasteiger partial charge in [0.05, 0.1) is 6.10 Å².